The summed E-state index contributed by atoms with van der Waals surface area (Å²) in [4.78, 5) is 10.6. The molecular weight excluding hydrogens is 235 g/mol. The average Bonchev–Trinajstić information content (AvgIpc) is 2.68. The van der Waals surface area contributed by atoms with E-state index in [2.05, 4.69) is 10.9 Å². The summed E-state index contributed by atoms with van der Waals surface area (Å²) < 4.78 is 13.3. The van der Waals surface area contributed by atoms with Crippen molar-refractivity contribution in [2.75, 3.05) is 0 Å². The molecule has 3 N–H and O–H groups in total. The van der Waals surface area contributed by atoms with Crippen LogP contribution in [-0.2, 0) is 4.79 Å². The van der Waals surface area contributed by atoms with Crippen LogP contribution in [0.25, 0.3) is 0 Å². The number of halogens is 1. The molecule has 2 rings (SSSR count). The van der Waals surface area contributed by atoms with Crippen LogP contribution in [0.2, 0.25) is 0 Å². The molecule has 0 aromatic heterocycles. The Labute approximate surface area is 105 Å². The molecule has 0 bridgehead atoms. The summed E-state index contributed by atoms with van der Waals surface area (Å²) in [6.45, 7) is 2.00. The fourth-order valence-corrected chi connectivity index (χ4v) is 2.53. The van der Waals surface area contributed by atoms with E-state index in [1.807, 2.05) is 13.0 Å². The first-order valence-corrected chi connectivity index (χ1v) is 6.06. The predicted octanol–water partition coefficient (Wildman–Crippen LogP) is 1.64. The van der Waals surface area contributed by atoms with E-state index in [-0.39, 0.29) is 30.2 Å². The van der Waals surface area contributed by atoms with Crippen molar-refractivity contribution in [2.45, 2.75) is 37.8 Å². The van der Waals surface area contributed by atoms with Crippen molar-refractivity contribution in [3.05, 3.63) is 35.6 Å². The number of hydrazine groups is 1. The van der Waals surface area contributed by atoms with Gasteiger partial charge in [-0.1, -0.05) is 12.1 Å². The molecule has 1 aromatic rings. The maximum Gasteiger partial charge on any atom is 0.303 e. The first-order valence-electron chi connectivity index (χ1n) is 6.06. The Morgan fingerprint density at radius 2 is 2.22 bits per heavy atom. The van der Waals surface area contributed by atoms with Crippen molar-refractivity contribution in [1.29, 1.82) is 0 Å². The lowest BCUT2D eigenvalue weighted by Gasteiger charge is -2.21. The number of rotatable bonds is 4. The molecule has 0 aliphatic carbocycles. The monoisotopic (exact) mass is 252 g/mol. The highest BCUT2D eigenvalue weighted by Gasteiger charge is 2.34. The van der Waals surface area contributed by atoms with Crippen molar-refractivity contribution in [2.24, 2.45) is 0 Å². The minimum absolute atomic E-state index is 0.0119. The third kappa shape index (κ3) is 2.86. The van der Waals surface area contributed by atoms with Gasteiger partial charge in [0.05, 0.1) is 0 Å². The van der Waals surface area contributed by atoms with Crippen LogP contribution in [0.3, 0.4) is 0 Å². The van der Waals surface area contributed by atoms with Gasteiger partial charge >= 0.3 is 5.97 Å². The lowest BCUT2D eigenvalue weighted by molar-refractivity contribution is -0.137. The Bertz CT molecular complexity index is 439. The summed E-state index contributed by atoms with van der Waals surface area (Å²) in [7, 11) is 0. The van der Waals surface area contributed by atoms with Crippen LogP contribution in [-0.4, -0.2) is 23.2 Å². The zero-order chi connectivity index (χ0) is 13.1. The zero-order valence-corrected chi connectivity index (χ0v) is 10.2. The van der Waals surface area contributed by atoms with Crippen LogP contribution in [0, 0.1) is 5.82 Å². The van der Waals surface area contributed by atoms with E-state index >= 15 is 0 Å². The summed E-state index contributed by atoms with van der Waals surface area (Å²) in [6, 6.07) is 6.65. The molecular formula is C13H17FN2O2. The molecule has 1 aliphatic rings. The summed E-state index contributed by atoms with van der Waals surface area (Å²) in [6.07, 6.45) is 0.631. The third-order valence-corrected chi connectivity index (χ3v) is 3.37. The molecule has 1 saturated heterocycles. The molecule has 98 valence electrons. The number of benzene rings is 1. The molecule has 0 saturated carbocycles. The second-order valence-electron chi connectivity index (χ2n) is 4.70. The van der Waals surface area contributed by atoms with E-state index < -0.39 is 5.97 Å². The topological polar surface area (TPSA) is 61.4 Å². The Morgan fingerprint density at radius 3 is 2.89 bits per heavy atom. The molecule has 0 amide bonds. The number of nitrogens with one attached hydrogen (secondary N) is 2. The van der Waals surface area contributed by atoms with Crippen LogP contribution >= 0.6 is 0 Å². The number of hydrogen-bond donors (Lipinski definition) is 3. The molecule has 0 radical (unpaired) electrons. The summed E-state index contributed by atoms with van der Waals surface area (Å²) in [5.41, 5.74) is 7.09. The van der Waals surface area contributed by atoms with Gasteiger partial charge in [0.25, 0.3) is 0 Å². The van der Waals surface area contributed by atoms with Gasteiger partial charge in [0.2, 0.25) is 0 Å². The SMILES string of the molecule is CC1NNC(CCC(=O)O)C1c1cccc(F)c1. The maximum absolute atomic E-state index is 13.3. The van der Waals surface area contributed by atoms with Crippen LogP contribution in [0.4, 0.5) is 4.39 Å². The highest BCUT2D eigenvalue weighted by Crippen LogP contribution is 2.29. The van der Waals surface area contributed by atoms with Crippen molar-refractivity contribution < 1.29 is 14.3 Å². The van der Waals surface area contributed by atoms with Gasteiger partial charge in [0, 0.05) is 24.4 Å². The Kier molecular flexibility index (Phi) is 3.93. The molecule has 18 heavy (non-hydrogen) atoms. The summed E-state index contributed by atoms with van der Waals surface area (Å²) >= 11 is 0. The molecule has 1 fully saturated rings. The van der Waals surface area contributed by atoms with Crippen LogP contribution in [0.1, 0.15) is 31.2 Å². The number of hydrogen-bond acceptors (Lipinski definition) is 3. The smallest absolute Gasteiger partial charge is 0.303 e. The minimum Gasteiger partial charge on any atom is -0.481 e. The molecule has 1 aromatic carbocycles. The first-order chi connectivity index (χ1) is 8.58. The largest absolute Gasteiger partial charge is 0.481 e. The number of carbonyl (C=O) groups is 1. The summed E-state index contributed by atoms with van der Waals surface area (Å²) in [5.74, 6) is -0.988. The maximum atomic E-state index is 13.3. The fraction of sp³-hybridized carbons (Fsp3) is 0.462. The van der Waals surface area contributed by atoms with Crippen molar-refractivity contribution in [3.8, 4) is 0 Å². The van der Waals surface area contributed by atoms with Gasteiger partial charge in [0.15, 0.2) is 0 Å². The van der Waals surface area contributed by atoms with Gasteiger partial charge in [-0.3, -0.25) is 15.6 Å². The standard InChI is InChI=1S/C13H17FN2O2/c1-8-13(9-3-2-4-10(14)7-9)11(16-15-8)5-6-12(17)18/h2-4,7-8,11,13,15-16H,5-6H2,1H3,(H,17,18). The Morgan fingerprint density at radius 1 is 1.44 bits per heavy atom. The van der Waals surface area contributed by atoms with E-state index in [0.717, 1.165) is 5.56 Å². The van der Waals surface area contributed by atoms with Gasteiger partial charge < -0.3 is 5.11 Å². The molecule has 3 atom stereocenters. The van der Waals surface area contributed by atoms with Gasteiger partial charge in [-0.2, -0.15) is 0 Å². The quantitative estimate of drug-likeness (QED) is 0.762. The van der Waals surface area contributed by atoms with Crippen LogP contribution < -0.4 is 10.9 Å². The van der Waals surface area contributed by atoms with E-state index in [9.17, 15) is 9.18 Å². The highest BCUT2D eigenvalue weighted by molar-refractivity contribution is 5.66. The van der Waals surface area contributed by atoms with Crippen molar-refractivity contribution in [1.82, 2.24) is 10.9 Å². The van der Waals surface area contributed by atoms with E-state index in [0.29, 0.717) is 6.42 Å². The number of aliphatic carboxylic acids is 1. The second kappa shape index (κ2) is 5.46. The summed E-state index contributed by atoms with van der Waals surface area (Å²) in [5, 5.41) is 8.73. The molecule has 3 unspecified atom stereocenters. The van der Waals surface area contributed by atoms with E-state index in [1.165, 1.54) is 12.1 Å². The van der Waals surface area contributed by atoms with Gasteiger partial charge in [-0.15, -0.1) is 0 Å². The number of carboxylic acid groups (broad SMARTS) is 1. The molecule has 1 aliphatic heterocycles. The minimum atomic E-state index is -0.811. The Hall–Kier alpha value is -1.46. The predicted molar refractivity (Wildman–Crippen MR) is 65.5 cm³/mol. The van der Waals surface area contributed by atoms with Gasteiger partial charge in [0.1, 0.15) is 5.82 Å². The Balaban J connectivity index is 2.14. The zero-order valence-electron chi connectivity index (χ0n) is 10.2. The molecule has 5 heteroatoms. The number of carboxylic acids is 1. The average molecular weight is 252 g/mol. The molecule has 0 spiro atoms. The lowest BCUT2D eigenvalue weighted by atomic mass is 9.86. The highest BCUT2D eigenvalue weighted by atomic mass is 19.1. The second-order valence-corrected chi connectivity index (χ2v) is 4.70. The van der Waals surface area contributed by atoms with Crippen LogP contribution in [0.5, 0.6) is 0 Å². The normalized spacial score (nSPS) is 27.3. The van der Waals surface area contributed by atoms with E-state index in [1.54, 1.807) is 6.07 Å². The molecule has 4 nitrogen and oxygen atoms in total. The van der Waals surface area contributed by atoms with Gasteiger partial charge in [-0.05, 0) is 31.0 Å². The fourth-order valence-electron chi connectivity index (χ4n) is 2.53. The van der Waals surface area contributed by atoms with Gasteiger partial charge in [-0.25, -0.2) is 4.39 Å². The molecule has 1 heterocycles. The van der Waals surface area contributed by atoms with E-state index in [4.69, 9.17) is 5.11 Å². The van der Waals surface area contributed by atoms with Crippen molar-refractivity contribution >= 4 is 5.97 Å². The first kappa shape index (κ1) is 13.0. The van der Waals surface area contributed by atoms with Crippen molar-refractivity contribution in [3.63, 3.8) is 0 Å². The van der Waals surface area contributed by atoms with Crippen LogP contribution in [0.15, 0.2) is 24.3 Å². The third-order valence-electron chi connectivity index (χ3n) is 3.37. The lowest BCUT2D eigenvalue weighted by Crippen LogP contribution is -2.32.